The first-order chi connectivity index (χ1) is 19.3. The second-order valence-corrected chi connectivity index (χ2v) is 10.3. The first-order valence-electron chi connectivity index (χ1n) is 13.0. The third kappa shape index (κ3) is 5.91. The highest BCUT2D eigenvalue weighted by Gasteiger charge is 2.36. The lowest BCUT2D eigenvalue weighted by molar-refractivity contribution is -0.134. The number of methoxy groups -OCH3 is 1. The molecule has 0 spiro atoms. The Bertz CT molecular complexity index is 1370. The molecule has 1 unspecified atom stereocenters. The van der Waals surface area contributed by atoms with Crippen LogP contribution in [0.1, 0.15) is 43.4 Å². The zero-order valence-corrected chi connectivity index (χ0v) is 22.9. The third-order valence-electron chi connectivity index (χ3n) is 7.30. The van der Waals surface area contributed by atoms with E-state index in [1.807, 2.05) is 6.07 Å². The van der Waals surface area contributed by atoms with Gasteiger partial charge in [-0.05, 0) is 43.5 Å². The van der Waals surface area contributed by atoms with Gasteiger partial charge in [0.2, 0.25) is 11.9 Å². The molecule has 1 aromatic carbocycles. The van der Waals surface area contributed by atoms with Crippen molar-refractivity contribution in [1.29, 1.82) is 0 Å². The molecule has 1 saturated heterocycles. The molecule has 1 fully saturated rings. The maximum Gasteiger partial charge on any atom is 0.237 e. The zero-order valence-electron chi connectivity index (χ0n) is 22.2. The molecule has 4 N–H and O–H groups in total. The van der Waals surface area contributed by atoms with E-state index in [1.165, 1.54) is 19.2 Å². The van der Waals surface area contributed by atoms with Crippen molar-refractivity contribution in [3.63, 3.8) is 0 Å². The minimum absolute atomic E-state index is 0.221. The molecule has 40 heavy (non-hydrogen) atoms. The molecule has 3 atom stereocenters. The largest absolute Gasteiger partial charge is 0.497 e. The van der Waals surface area contributed by atoms with E-state index in [-0.39, 0.29) is 18.3 Å². The Kier molecular flexibility index (Phi) is 8.52. The number of fused-ring (bicyclic) bond motifs is 1. The van der Waals surface area contributed by atoms with Gasteiger partial charge in [0.15, 0.2) is 6.35 Å². The molecule has 2 aliphatic heterocycles. The Morgan fingerprint density at radius 1 is 1.30 bits per heavy atom. The predicted octanol–water partition coefficient (Wildman–Crippen LogP) is 2.84. The second kappa shape index (κ2) is 12.1. The topological polar surface area (TPSA) is 134 Å². The summed E-state index contributed by atoms with van der Waals surface area (Å²) in [5.41, 5.74) is 2.39. The van der Waals surface area contributed by atoms with E-state index in [9.17, 15) is 19.4 Å². The Balaban J connectivity index is 1.27. The molecule has 1 amide bonds. The Morgan fingerprint density at radius 2 is 2.08 bits per heavy atom. The average Bonchev–Trinajstić information content (AvgIpc) is 3.51. The summed E-state index contributed by atoms with van der Waals surface area (Å²) in [7, 11) is 1.41. The number of hydrogen-bond acceptors (Lipinski definition) is 9. The van der Waals surface area contributed by atoms with Crippen molar-refractivity contribution in [3.05, 3.63) is 58.8 Å². The molecule has 2 aromatic heterocycles. The molecular formula is C27H32ClFN6O5. The number of benzene rings is 1. The summed E-state index contributed by atoms with van der Waals surface area (Å²) in [5, 5.41) is 27.4. The van der Waals surface area contributed by atoms with E-state index in [2.05, 4.69) is 20.6 Å². The predicted molar refractivity (Wildman–Crippen MR) is 145 cm³/mol. The van der Waals surface area contributed by atoms with Crippen molar-refractivity contribution in [3.8, 4) is 17.0 Å². The number of hydrogen-bond donors (Lipinski definition) is 4. The maximum absolute atomic E-state index is 14.0. The number of nitrogens with zero attached hydrogens (tertiary/aromatic N) is 4. The van der Waals surface area contributed by atoms with Gasteiger partial charge in [-0.3, -0.25) is 4.79 Å². The van der Waals surface area contributed by atoms with Gasteiger partial charge < -0.3 is 34.9 Å². The summed E-state index contributed by atoms with van der Waals surface area (Å²) < 4.78 is 26.1. The molecular weight excluding hydrogens is 543 g/mol. The van der Waals surface area contributed by atoms with Crippen LogP contribution in [0.5, 0.6) is 5.75 Å². The first-order valence-corrected chi connectivity index (χ1v) is 13.4. The molecule has 13 heteroatoms. The second-order valence-electron chi connectivity index (χ2n) is 9.91. The summed E-state index contributed by atoms with van der Waals surface area (Å²) in [6, 6.07) is 4.47. The quantitative estimate of drug-likeness (QED) is 0.304. The number of ether oxygens (including phenoxy) is 2. The molecule has 0 radical (unpaired) electrons. The number of halogens is 2. The first kappa shape index (κ1) is 28.2. The summed E-state index contributed by atoms with van der Waals surface area (Å²) in [6.07, 6.45) is 3.91. The SMILES string of the molecule is COc1cc(F)cc([C@@H](CO)NC(=O)[C@@H](C)N2Cc3cc(-c4nc(NC5CCOCC5)ncc4Cl)cn3C2O)c1. The minimum Gasteiger partial charge on any atom is -0.497 e. The lowest BCUT2D eigenvalue weighted by Gasteiger charge is -2.28. The molecule has 0 aliphatic carbocycles. The van der Waals surface area contributed by atoms with E-state index in [4.69, 9.17) is 21.1 Å². The number of aliphatic hydroxyl groups is 2. The van der Waals surface area contributed by atoms with Gasteiger partial charge in [0.05, 0.1) is 42.7 Å². The molecule has 2 aliphatic rings. The smallest absolute Gasteiger partial charge is 0.237 e. The van der Waals surface area contributed by atoms with Crippen LogP contribution < -0.4 is 15.4 Å². The highest BCUT2D eigenvalue weighted by molar-refractivity contribution is 6.32. The number of aliphatic hydroxyl groups excluding tert-OH is 2. The summed E-state index contributed by atoms with van der Waals surface area (Å²) >= 11 is 6.44. The van der Waals surface area contributed by atoms with E-state index < -0.39 is 36.8 Å². The number of carbonyl (C=O) groups is 1. The highest BCUT2D eigenvalue weighted by atomic mass is 35.5. The normalized spacial score (nSPS) is 19.2. The molecule has 0 bridgehead atoms. The van der Waals surface area contributed by atoms with E-state index in [1.54, 1.807) is 34.9 Å². The molecule has 214 valence electrons. The molecule has 4 heterocycles. The maximum atomic E-state index is 14.0. The lowest BCUT2D eigenvalue weighted by atomic mass is 10.1. The Labute approximate surface area is 235 Å². The number of anilines is 1. The number of amides is 1. The summed E-state index contributed by atoms with van der Waals surface area (Å²) in [6.45, 7) is 2.87. The molecule has 5 rings (SSSR count). The van der Waals surface area contributed by atoms with Crippen LogP contribution in [0.2, 0.25) is 5.02 Å². The van der Waals surface area contributed by atoms with Crippen LogP contribution in [0.25, 0.3) is 11.3 Å². The van der Waals surface area contributed by atoms with Crippen molar-refractivity contribution >= 4 is 23.5 Å². The standard InChI is InChI=1S/C27H32ClFN6O5/c1-15(25(37)32-23(14-36)16-7-18(29)10-21(9-16)39-2)34-13-20-8-17(12-35(20)27(34)38)24-22(28)11-30-26(33-24)31-19-3-5-40-6-4-19/h7-12,15,19,23,27,36,38H,3-6,13-14H2,1-2H3,(H,32,37)(H,30,31,33)/t15-,23-,27?/m1/s1. The Hall–Kier alpha value is -3.29. The van der Waals surface area contributed by atoms with E-state index >= 15 is 0 Å². The van der Waals surface area contributed by atoms with Gasteiger partial charge in [-0.2, -0.15) is 0 Å². The van der Waals surface area contributed by atoms with Crippen LogP contribution in [-0.2, 0) is 16.1 Å². The van der Waals surface area contributed by atoms with E-state index in [0.29, 0.717) is 41.0 Å². The lowest BCUT2D eigenvalue weighted by Crippen LogP contribution is -2.46. The van der Waals surface area contributed by atoms with E-state index in [0.717, 1.165) is 18.5 Å². The number of carbonyl (C=O) groups excluding carboxylic acids is 1. The molecule has 11 nitrogen and oxygen atoms in total. The van der Waals surface area contributed by atoms with Crippen LogP contribution in [0.15, 0.2) is 36.7 Å². The van der Waals surface area contributed by atoms with Crippen LogP contribution in [0.3, 0.4) is 0 Å². The van der Waals surface area contributed by atoms with Gasteiger partial charge in [-0.15, -0.1) is 0 Å². The van der Waals surface area contributed by atoms with Crippen LogP contribution in [0.4, 0.5) is 10.3 Å². The number of rotatable bonds is 9. The minimum atomic E-state index is -1.12. The number of nitrogens with one attached hydrogen (secondary N) is 2. The fourth-order valence-electron chi connectivity index (χ4n) is 5.01. The van der Waals surface area contributed by atoms with Crippen molar-refractivity contribution in [2.45, 2.75) is 50.8 Å². The molecule has 0 saturated carbocycles. The Morgan fingerprint density at radius 3 is 2.77 bits per heavy atom. The fraction of sp³-hybridized carbons (Fsp3) is 0.444. The van der Waals surface area contributed by atoms with Crippen LogP contribution in [0, 0.1) is 5.82 Å². The van der Waals surface area contributed by atoms with Gasteiger partial charge >= 0.3 is 0 Å². The van der Waals surface area contributed by atoms with Crippen molar-refractivity contribution in [2.24, 2.45) is 0 Å². The van der Waals surface area contributed by atoms with Gasteiger partial charge in [0.25, 0.3) is 0 Å². The fourth-order valence-corrected chi connectivity index (χ4v) is 5.21. The summed E-state index contributed by atoms with van der Waals surface area (Å²) in [4.78, 5) is 23.6. The molecule has 3 aromatic rings. The van der Waals surface area contributed by atoms with Crippen LogP contribution >= 0.6 is 11.6 Å². The zero-order chi connectivity index (χ0) is 28.4. The third-order valence-corrected chi connectivity index (χ3v) is 7.58. The van der Waals surface area contributed by atoms with Gasteiger partial charge in [-0.25, -0.2) is 19.3 Å². The van der Waals surface area contributed by atoms with Crippen molar-refractivity contribution in [2.75, 3.05) is 32.2 Å². The average molecular weight is 575 g/mol. The van der Waals surface area contributed by atoms with Crippen LogP contribution in [-0.4, -0.2) is 74.6 Å². The summed E-state index contributed by atoms with van der Waals surface area (Å²) in [5.74, 6) is -0.235. The van der Waals surface area contributed by atoms with Gasteiger partial charge in [0.1, 0.15) is 11.6 Å². The monoisotopic (exact) mass is 574 g/mol. The highest BCUT2D eigenvalue weighted by Crippen LogP contribution is 2.35. The van der Waals surface area contributed by atoms with Crippen molar-refractivity contribution in [1.82, 2.24) is 24.8 Å². The number of aromatic nitrogens is 3. The van der Waals surface area contributed by atoms with Crippen molar-refractivity contribution < 1.29 is 28.9 Å². The van der Waals surface area contributed by atoms with Gasteiger partial charge in [-0.1, -0.05) is 11.6 Å². The van der Waals surface area contributed by atoms with Gasteiger partial charge in [0, 0.05) is 49.3 Å².